The number of aromatic nitrogens is 3. The number of anilines is 1. The Hall–Kier alpha value is -3.29. The van der Waals surface area contributed by atoms with Gasteiger partial charge in [0, 0.05) is 50.2 Å². The smallest absolute Gasteiger partial charge is 0.274 e. The molecule has 8 nitrogen and oxygen atoms in total. The summed E-state index contributed by atoms with van der Waals surface area (Å²) >= 11 is 0. The molecule has 0 spiro atoms. The van der Waals surface area contributed by atoms with Gasteiger partial charge in [0.2, 0.25) is 0 Å². The average molecular weight is 422 g/mol. The lowest BCUT2D eigenvalue weighted by molar-refractivity contribution is 0.169. The third-order valence-electron chi connectivity index (χ3n) is 5.71. The van der Waals surface area contributed by atoms with Crippen LogP contribution in [-0.2, 0) is 0 Å². The molecule has 3 aromatic rings. The van der Waals surface area contributed by atoms with Crippen LogP contribution in [0.3, 0.4) is 0 Å². The maximum absolute atomic E-state index is 12.3. The minimum absolute atomic E-state index is 0.119. The predicted molar refractivity (Wildman–Crippen MR) is 117 cm³/mol. The number of rotatable bonds is 3. The van der Waals surface area contributed by atoms with Gasteiger partial charge in [-0.15, -0.1) is 5.10 Å². The Balaban J connectivity index is 1.28. The molecule has 2 aliphatic rings. The van der Waals surface area contributed by atoms with Gasteiger partial charge in [-0.2, -0.15) is 4.52 Å². The molecule has 0 saturated carbocycles. The van der Waals surface area contributed by atoms with Crippen molar-refractivity contribution in [1.82, 2.24) is 14.6 Å². The molecular weight excluding hydrogens is 396 g/mol. The average Bonchev–Trinajstić information content (AvgIpc) is 2.99. The SMILES string of the molecule is Cc1cc(=O)n2nc(N3CCC(Oc4ccc5c(c4)OCCCO5)CC3)c(C)cc2n1. The van der Waals surface area contributed by atoms with Gasteiger partial charge in [-0.05, 0) is 37.6 Å². The third kappa shape index (κ3) is 4.02. The summed E-state index contributed by atoms with van der Waals surface area (Å²) in [4.78, 5) is 19.0. The molecule has 0 N–H and O–H groups in total. The standard InChI is InChI=1S/C23H26N4O4/c1-15-12-21-24-16(2)13-22(28)27(21)25-23(15)26-8-6-17(7-9-26)31-18-4-5-19-20(14-18)30-11-3-10-29-19/h4-5,12-14,17H,3,6-11H2,1-2H3. The molecule has 5 rings (SSSR count). The van der Waals surface area contributed by atoms with Crippen LogP contribution in [0.1, 0.15) is 30.5 Å². The highest BCUT2D eigenvalue weighted by molar-refractivity contribution is 5.53. The molecule has 0 radical (unpaired) electrons. The number of benzene rings is 1. The van der Waals surface area contributed by atoms with Crippen LogP contribution in [0.15, 0.2) is 35.1 Å². The van der Waals surface area contributed by atoms with Gasteiger partial charge in [0.05, 0.1) is 13.2 Å². The van der Waals surface area contributed by atoms with E-state index in [0.717, 1.165) is 61.0 Å². The van der Waals surface area contributed by atoms with Gasteiger partial charge in [-0.3, -0.25) is 4.79 Å². The van der Waals surface area contributed by atoms with Gasteiger partial charge in [-0.1, -0.05) is 0 Å². The lowest BCUT2D eigenvalue weighted by Crippen LogP contribution is -2.39. The van der Waals surface area contributed by atoms with Gasteiger partial charge in [0.25, 0.3) is 5.56 Å². The molecule has 2 aromatic heterocycles. The number of piperidine rings is 1. The maximum Gasteiger partial charge on any atom is 0.274 e. The van der Waals surface area contributed by atoms with E-state index in [9.17, 15) is 4.79 Å². The van der Waals surface area contributed by atoms with Gasteiger partial charge >= 0.3 is 0 Å². The van der Waals surface area contributed by atoms with Crippen LogP contribution in [0.2, 0.25) is 0 Å². The van der Waals surface area contributed by atoms with Gasteiger partial charge < -0.3 is 19.1 Å². The molecule has 162 valence electrons. The van der Waals surface area contributed by atoms with Crippen LogP contribution in [0.25, 0.3) is 5.65 Å². The molecule has 8 heteroatoms. The fourth-order valence-corrected chi connectivity index (χ4v) is 4.15. The van der Waals surface area contributed by atoms with Crippen LogP contribution >= 0.6 is 0 Å². The Morgan fingerprint density at radius 1 is 1.03 bits per heavy atom. The molecule has 0 bridgehead atoms. The van der Waals surface area contributed by atoms with E-state index in [1.165, 1.54) is 10.6 Å². The monoisotopic (exact) mass is 422 g/mol. The van der Waals surface area contributed by atoms with E-state index >= 15 is 0 Å². The molecule has 31 heavy (non-hydrogen) atoms. The van der Waals surface area contributed by atoms with Crippen molar-refractivity contribution in [2.24, 2.45) is 0 Å². The Kier molecular flexibility index (Phi) is 5.13. The quantitative estimate of drug-likeness (QED) is 0.642. The third-order valence-corrected chi connectivity index (χ3v) is 5.71. The summed E-state index contributed by atoms with van der Waals surface area (Å²) in [6.45, 7) is 6.78. The first kappa shape index (κ1) is 19.7. The second kappa shape index (κ2) is 8.09. The summed E-state index contributed by atoms with van der Waals surface area (Å²) in [7, 11) is 0. The summed E-state index contributed by atoms with van der Waals surface area (Å²) < 4.78 is 19.1. The van der Waals surface area contributed by atoms with Crippen molar-refractivity contribution in [2.75, 3.05) is 31.2 Å². The Bertz CT molecular complexity index is 1170. The molecule has 1 fully saturated rings. The summed E-state index contributed by atoms with van der Waals surface area (Å²) in [5.41, 5.74) is 2.14. The Morgan fingerprint density at radius 2 is 1.81 bits per heavy atom. The number of aryl methyl sites for hydroxylation is 2. The van der Waals surface area contributed by atoms with E-state index in [4.69, 9.17) is 14.2 Å². The van der Waals surface area contributed by atoms with E-state index in [1.54, 1.807) is 0 Å². The van der Waals surface area contributed by atoms with E-state index < -0.39 is 0 Å². The maximum atomic E-state index is 12.3. The largest absolute Gasteiger partial charge is 0.490 e. The zero-order valence-electron chi connectivity index (χ0n) is 17.8. The molecular formula is C23H26N4O4. The number of nitrogens with zero attached hydrogens (tertiary/aromatic N) is 4. The fraction of sp³-hybridized carbons (Fsp3) is 0.435. The zero-order valence-corrected chi connectivity index (χ0v) is 17.8. The Morgan fingerprint density at radius 3 is 2.61 bits per heavy atom. The summed E-state index contributed by atoms with van der Waals surface area (Å²) in [6, 6.07) is 9.21. The molecule has 2 aliphatic heterocycles. The highest BCUT2D eigenvalue weighted by Crippen LogP contribution is 2.34. The minimum Gasteiger partial charge on any atom is -0.490 e. The van der Waals surface area contributed by atoms with Crippen LogP contribution in [0.4, 0.5) is 5.82 Å². The van der Waals surface area contributed by atoms with Crippen LogP contribution in [0.5, 0.6) is 17.2 Å². The second-order valence-electron chi connectivity index (χ2n) is 8.12. The molecule has 0 unspecified atom stereocenters. The lowest BCUT2D eigenvalue weighted by Gasteiger charge is -2.33. The molecule has 1 saturated heterocycles. The first-order chi connectivity index (χ1) is 15.1. The van der Waals surface area contributed by atoms with Crippen molar-refractivity contribution < 1.29 is 14.2 Å². The number of hydrogen-bond donors (Lipinski definition) is 0. The van der Waals surface area contributed by atoms with Crippen molar-refractivity contribution in [2.45, 2.75) is 39.2 Å². The first-order valence-electron chi connectivity index (χ1n) is 10.8. The van der Waals surface area contributed by atoms with Gasteiger partial charge in [0.15, 0.2) is 23.0 Å². The summed E-state index contributed by atoms with van der Waals surface area (Å²) in [6.07, 6.45) is 2.74. The summed E-state index contributed by atoms with van der Waals surface area (Å²) in [5, 5.41) is 4.60. The molecule has 0 amide bonds. The van der Waals surface area contributed by atoms with Crippen LogP contribution < -0.4 is 24.7 Å². The molecule has 1 aromatic carbocycles. The number of hydrogen-bond acceptors (Lipinski definition) is 7. The van der Waals surface area contributed by atoms with E-state index in [-0.39, 0.29) is 11.7 Å². The van der Waals surface area contributed by atoms with Crippen molar-refractivity contribution in [3.05, 3.63) is 51.9 Å². The van der Waals surface area contributed by atoms with Crippen molar-refractivity contribution in [3.63, 3.8) is 0 Å². The topological polar surface area (TPSA) is 78.2 Å². The van der Waals surface area contributed by atoms with Crippen molar-refractivity contribution in [3.8, 4) is 17.2 Å². The number of fused-ring (bicyclic) bond motifs is 2. The van der Waals surface area contributed by atoms with Gasteiger partial charge in [-0.25, -0.2) is 4.98 Å². The normalized spacial score (nSPS) is 16.9. The summed E-state index contributed by atoms with van der Waals surface area (Å²) in [5.74, 6) is 3.15. The fourth-order valence-electron chi connectivity index (χ4n) is 4.15. The van der Waals surface area contributed by atoms with E-state index in [1.807, 2.05) is 38.1 Å². The van der Waals surface area contributed by atoms with Crippen molar-refractivity contribution >= 4 is 11.5 Å². The van der Waals surface area contributed by atoms with E-state index in [0.29, 0.717) is 24.6 Å². The first-order valence-corrected chi connectivity index (χ1v) is 10.8. The second-order valence-corrected chi connectivity index (χ2v) is 8.12. The predicted octanol–water partition coefficient (Wildman–Crippen LogP) is 2.92. The van der Waals surface area contributed by atoms with Gasteiger partial charge in [0.1, 0.15) is 11.9 Å². The minimum atomic E-state index is -0.156. The molecule has 4 heterocycles. The van der Waals surface area contributed by atoms with Crippen LogP contribution in [-0.4, -0.2) is 47.0 Å². The highest BCUT2D eigenvalue weighted by atomic mass is 16.5. The van der Waals surface area contributed by atoms with Crippen LogP contribution in [0, 0.1) is 13.8 Å². The zero-order chi connectivity index (χ0) is 21.4. The Labute approximate surface area is 180 Å². The molecule has 0 atom stereocenters. The number of ether oxygens (including phenoxy) is 3. The highest BCUT2D eigenvalue weighted by Gasteiger charge is 2.24. The molecule has 0 aliphatic carbocycles. The van der Waals surface area contributed by atoms with E-state index in [2.05, 4.69) is 15.0 Å². The van der Waals surface area contributed by atoms with Crippen molar-refractivity contribution in [1.29, 1.82) is 0 Å². The lowest BCUT2D eigenvalue weighted by atomic mass is 10.1.